The van der Waals surface area contributed by atoms with E-state index >= 15 is 0 Å². The molecule has 1 aromatic carbocycles. The van der Waals surface area contributed by atoms with Gasteiger partial charge in [0.2, 0.25) is 5.91 Å². The van der Waals surface area contributed by atoms with Gasteiger partial charge < -0.3 is 14.5 Å². The molecule has 1 amide bonds. The minimum atomic E-state index is 0.327. The molecule has 1 saturated heterocycles. The summed E-state index contributed by atoms with van der Waals surface area (Å²) in [7, 11) is 3.90. The Bertz CT molecular complexity index is 645. The van der Waals surface area contributed by atoms with Crippen molar-refractivity contribution in [2.75, 3.05) is 40.3 Å². The van der Waals surface area contributed by atoms with Crippen LogP contribution in [-0.4, -0.2) is 56.0 Å². The third kappa shape index (κ3) is 4.16. The minimum Gasteiger partial charge on any atom is -0.497 e. The molecular weight excluding hydrogens is 336 g/mol. The summed E-state index contributed by atoms with van der Waals surface area (Å²) in [6.07, 6.45) is 8.41. The summed E-state index contributed by atoms with van der Waals surface area (Å²) in [6.45, 7) is 4.14. The highest BCUT2D eigenvalue weighted by atomic mass is 16.5. The molecule has 4 heteroatoms. The predicted molar refractivity (Wildman–Crippen MR) is 108 cm³/mol. The Hall–Kier alpha value is -1.55. The molecule has 1 spiro atoms. The maximum absolute atomic E-state index is 13.3. The summed E-state index contributed by atoms with van der Waals surface area (Å²) in [5.41, 5.74) is 1.70. The fraction of sp³-hybridized carbons (Fsp3) is 0.696. The van der Waals surface area contributed by atoms with E-state index in [0.717, 1.165) is 31.7 Å². The van der Waals surface area contributed by atoms with E-state index in [-0.39, 0.29) is 0 Å². The number of carbonyl (C=O) groups is 1. The zero-order chi connectivity index (χ0) is 18.9. The Morgan fingerprint density at radius 1 is 1.22 bits per heavy atom. The van der Waals surface area contributed by atoms with Gasteiger partial charge in [-0.15, -0.1) is 0 Å². The number of methoxy groups -OCH3 is 1. The van der Waals surface area contributed by atoms with E-state index in [9.17, 15) is 4.79 Å². The second-order valence-electron chi connectivity index (χ2n) is 9.10. The molecule has 1 atom stereocenters. The number of rotatable bonds is 7. The molecule has 1 heterocycles. The summed E-state index contributed by atoms with van der Waals surface area (Å²) < 4.78 is 5.26. The molecule has 0 unspecified atom stereocenters. The van der Waals surface area contributed by atoms with Gasteiger partial charge in [0.05, 0.1) is 7.11 Å². The van der Waals surface area contributed by atoms with Gasteiger partial charge in [-0.05, 0) is 87.7 Å². The average molecular weight is 371 g/mol. The highest BCUT2D eigenvalue weighted by Crippen LogP contribution is 2.65. The summed E-state index contributed by atoms with van der Waals surface area (Å²) in [5.74, 6) is 2.33. The number of piperidine rings is 1. The fourth-order valence-electron chi connectivity index (χ4n) is 5.00. The zero-order valence-corrected chi connectivity index (χ0v) is 17.0. The van der Waals surface area contributed by atoms with Gasteiger partial charge in [-0.1, -0.05) is 18.6 Å². The van der Waals surface area contributed by atoms with Crippen LogP contribution in [0.5, 0.6) is 5.75 Å². The lowest BCUT2D eigenvalue weighted by atomic mass is 9.79. The van der Waals surface area contributed by atoms with E-state index in [2.05, 4.69) is 29.0 Å². The smallest absolute Gasteiger partial charge is 0.226 e. The van der Waals surface area contributed by atoms with Gasteiger partial charge in [0.25, 0.3) is 0 Å². The van der Waals surface area contributed by atoms with Crippen molar-refractivity contribution in [3.63, 3.8) is 0 Å². The molecule has 4 nitrogen and oxygen atoms in total. The molecule has 3 aliphatic rings. The monoisotopic (exact) mass is 370 g/mol. The molecule has 0 N–H and O–H groups in total. The van der Waals surface area contributed by atoms with Crippen LogP contribution in [0.25, 0.3) is 0 Å². The predicted octanol–water partition coefficient (Wildman–Crippen LogP) is 3.60. The third-order valence-corrected chi connectivity index (χ3v) is 7.29. The van der Waals surface area contributed by atoms with Crippen LogP contribution >= 0.6 is 0 Å². The average Bonchev–Trinajstić information content (AvgIpc) is 3.43. The highest BCUT2D eigenvalue weighted by Gasteiger charge is 2.61. The standard InChI is InChI=1S/C23H34N2O2/c1-24-13-8-19(9-14-24)17-25(22(26)21-16-23(21)11-3-12-23)15-10-18-4-6-20(27-2)7-5-18/h4-7,19,21H,3,8-17H2,1-2H3/t21-/m1/s1. The van der Waals surface area contributed by atoms with Gasteiger partial charge in [-0.2, -0.15) is 0 Å². The summed E-state index contributed by atoms with van der Waals surface area (Å²) in [5, 5.41) is 0. The SMILES string of the molecule is COc1ccc(CCN(CC2CCN(C)CC2)C(=O)[C@H]2CC23CCC3)cc1. The number of hydrogen-bond donors (Lipinski definition) is 0. The minimum absolute atomic E-state index is 0.327. The highest BCUT2D eigenvalue weighted by molar-refractivity contribution is 5.83. The second-order valence-corrected chi connectivity index (χ2v) is 9.10. The van der Waals surface area contributed by atoms with Gasteiger partial charge in [-0.25, -0.2) is 0 Å². The fourth-order valence-corrected chi connectivity index (χ4v) is 5.00. The topological polar surface area (TPSA) is 32.8 Å². The Morgan fingerprint density at radius 3 is 2.48 bits per heavy atom. The lowest BCUT2D eigenvalue weighted by Crippen LogP contribution is -2.42. The Balaban J connectivity index is 1.38. The van der Waals surface area contributed by atoms with Crippen molar-refractivity contribution >= 4 is 5.91 Å². The maximum Gasteiger partial charge on any atom is 0.226 e. The van der Waals surface area contributed by atoms with E-state index < -0.39 is 0 Å². The van der Waals surface area contributed by atoms with Gasteiger partial charge >= 0.3 is 0 Å². The summed E-state index contributed by atoms with van der Waals surface area (Å²) in [6, 6.07) is 8.29. The molecule has 1 aromatic rings. The summed E-state index contributed by atoms with van der Waals surface area (Å²) in [4.78, 5) is 17.9. The van der Waals surface area contributed by atoms with E-state index in [1.807, 2.05) is 12.1 Å². The number of likely N-dealkylation sites (tertiary alicyclic amines) is 1. The van der Waals surface area contributed by atoms with E-state index in [1.54, 1.807) is 7.11 Å². The number of nitrogens with zero attached hydrogens (tertiary/aromatic N) is 2. The van der Waals surface area contributed by atoms with Crippen LogP contribution in [0.2, 0.25) is 0 Å². The molecule has 2 aliphatic carbocycles. The first-order valence-corrected chi connectivity index (χ1v) is 10.7. The molecule has 2 saturated carbocycles. The number of carbonyl (C=O) groups excluding carboxylic acids is 1. The Kier molecular flexibility index (Phi) is 5.45. The molecule has 148 valence electrons. The van der Waals surface area contributed by atoms with Crippen molar-refractivity contribution in [2.45, 2.75) is 44.9 Å². The Morgan fingerprint density at radius 2 is 1.93 bits per heavy atom. The van der Waals surface area contributed by atoms with Crippen LogP contribution in [-0.2, 0) is 11.2 Å². The maximum atomic E-state index is 13.3. The van der Waals surface area contributed by atoms with Gasteiger partial charge in [0, 0.05) is 19.0 Å². The summed E-state index contributed by atoms with van der Waals surface area (Å²) >= 11 is 0. The molecular formula is C23H34N2O2. The van der Waals surface area contributed by atoms with E-state index in [4.69, 9.17) is 4.74 Å². The van der Waals surface area contributed by atoms with Crippen LogP contribution in [0.3, 0.4) is 0 Å². The molecule has 27 heavy (non-hydrogen) atoms. The molecule has 0 radical (unpaired) electrons. The number of ether oxygens (including phenoxy) is 1. The normalized spacial score (nSPS) is 24.4. The van der Waals surface area contributed by atoms with Crippen molar-refractivity contribution < 1.29 is 9.53 Å². The number of benzene rings is 1. The lowest BCUT2D eigenvalue weighted by molar-refractivity contribution is -0.134. The molecule has 0 bridgehead atoms. The van der Waals surface area contributed by atoms with Gasteiger partial charge in [-0.3, -0.25) is 4.79 Å². The van der Waals surface area contributed by atoms with Crippen molar-refractivity contribution in [3.05, 3.63) is 29.8 Å². The largest absolute Gasteiger partial charge is 0.497 e. The first-order chi connectivity index (χ1) is 13.1. The van der Waals surface area contributed by atoms with Crippen molar-refractivity contribution in [1.29, 1.82) is 0 Å². The number of amides is 1. The van der Waals surface area contributed by atoms with Crippen molar-refractivity contribution in [3.8, 4) is 5.75 Å². The number of hydrogen-bond acceptors (Lipinski definition) is 3. The first-order valence-electron chi connectivity index (χ1n) is 10.7. The second kappa shape index (κ2) is 7.83. The quantitative estimate of drug-likeness (QED) is 0.735. The van der Waals surface area contributed by atoms with Crippen LogP contribution in [0.1, 0.15) is 44.1 Å². The van der Waals surface area contributed by atoms with E-state index in [1.165, 1.54) is 50.8 Å². The molecule has 3 fully saturated rings. The Labute approximate surface area is 163 Å². The van der Waals surface area contributed by atoms with Crippen molar-refractivity contribution in [1.82, 2.24) is 9.80 Å². The van der Waals surface area contributed by atoms with Crippen LogP contribution < -0.4 is 4.74 Å². The zero-order valence-electron chi connectivity index (χ0n) is 17.0. The molecule has 1 aliphatic heterocycles. The van der Waals surface area contributed by atoms with Crippen LogP contribution in [0.15, 0.2) is 24.3 Å². The van der Waals surface area contributed by atoms with Crippen LogP contribution in [0.4, 0.5) is 0 Å². The molecule has 4 rings (SSSR count). The molecule has 0 aromatic heterocycles. The van der Waals surface area contributed by atoms with Crippen LogP contribution in [0, 0.1) is 17.3 Å². The van der Waals surface area contributed by atoms with Crippen molar-refractivity contribution in [2.24, 2.45) is 17.3 Å². The first kappa shape index (κ1) is 18.8. The van der Waals surface area contributed by atoms with Gasteiger partial charge in [0.15, 0.2) is 0 Å². The van der Waals surface area contributed by atoms with Gasteiger partial charge in [0.1, 0.15) is 5.75 Å². The third-order valence-electron chi connectivity index (χ3n) is 7.29. The van der Waals surface area contributed by atoms with E-state index in [0.29, 0.717) is 23.2 Å². The lowest BCUT2D eigenvalue weighted by Gasteiger charge is -2.34.